The highest BCUT2D eigenvalue weighted by atomic mass is 19.1. The molecule has 5 nitrogen and oxygen atoms in total. The van der Waals surface area contributed by atoms with Gasteiger partial charge in [0.1, 0.15) is 23.0 Å². The number of alkyl halides is 1. The number of halogens is 3. The Morgan fingerprint density at radius 2 is 2.03 bits per heavy atom. The first-order valence-corrected chi connectivity index (χ1v) is 10.8. The van der Waals surface area contributed by atoms with Crippen molar-refractivity contribution in [3.63, 3.8) is 0 Å². The van der Waals surface area contributed by atoms with Gasteiger partial charge in [-0.2, -0.15) is 0 Å². The van der Waals surface area contributed by atoms with Gasteiger partial charge in [0.15, 0.2) is 0 Å². The lowest BCUT2D eigenvalue weighted by atomic mass is 9.91. The summed E-state index contributed by atoms with van der Waals surface area (Å²) in [4.78, 5) is 18.8. The maximum absolute atomic E-state index is 15.4. The van der Waals surface area contributed by atoms with Crippen molar-refractivity contribution in [1.29, 1.82) is 0 Å². The molecule has 1 aromatic heterocycles. The Balaban J connectivity index is 1.68. The van der Waals surface area contributed by atoms with Crippen LogP contribution in [0.3, 0.4) is 0 Å². The molecule has 172 valence electrons. The Labute approximate surface area is 185 Å². The molecule has 0 amide bonds. The fraction of sp³-hybridized carbons (Fsp3) is 0.500. The lowest BCUT2D eigenvalue weighted by Crippen LogP contribution is -2.43. The van der Waals surface area contributed by atoms with E-state index in [2.05, 4.69) is 4.98 Å². The van der Waals surface area contributed by atoms with E-state index in [4.69, 9.17) is 9.47 Å². The molecule has 0 radical (unpaired) electrons. The molecule has 2 aliphatic rings. The highest BCUT2D eigenvalue weighted by Gasteiger charge is 2.46. The maximum atomic E-state index is 15.4. The highest BCUT2D eigenvalue weighted by molar-refractivity contribution is 5.89. The van der Waals surface area contributed by atoms with Gasteiger partial charge in [-0.05, 0) is 56.5 Å². The van der Waals surface area contributed by atoms with Crippen molar-refractivity contribution in [3.05, 3.63) is 52.9 Å². The Kier molecular flexibility index (Phi) is 6.02. The van der Waals surface area contributed by atoms with Gasteiger partial charge in [0.2, 0.25) is 0 Å². The highest BCUT2D eigenvalue weighted by Crippen LogP contribution is 2.38. The molecule has 2 aromatic rings. The fourth-order valence-corrected chi connectivity index (χ4v) is 4.68. The average Bonchev–Trinajstić information content (AvgIpc) is 2.99. The molecule has 1 fully saturated rings. The predicted octanol–water partition coefficient (Wildman–Crippen LogP) is 4.47. The lowest BCUT2D eigenvalue weighted by Gasteiger charge is -2.33. The number of aromatic nitrogens is 1. The van der Waals surface area contributed by atoms with Crippen molar-refractivity contribution in [1.82, 2.24) is 9.88 Å². The van der Waals surface area contributed by atoms with Crippen LogP contribution in [0.25, 0.3) is 11.1 Å². The van der Waals surface area contributed by atoms with Gasteiger partial charge in [-0.1, -0.05) is 0 Å². The van der Waals surface area contributed by atoms with E-state index < -0.39 is 28.9 Å². The van der Waals surface area contributed by atoms with Gasteiger partial charge in [0.05, 0.1) is 24.5 Å². The van der Waals surface area contributed by atoms with E-state index in [0.29, 0.717) is 37.2 Å². The zero-order chi connectivity index (χ0) is 23.1. The van der Waals surface area contributed by atoms with Gasteiger partial charge < -0.3 is 9.47 Å². The second-order valence-electron chi connectivity index (χ2n) is 9.16. The summed E-state index contributed by atoms with van der Waals surface area (Å²) in [6.07, 6.45) is 0.795. The first-order chi connectivity index (χ1) is 15.1. The SMILES string of the molecule is CCOC(=O)c1cc(-c2ccc(F)cc2F)c2c(n1)CN(CC1(F)COC(C)(C)C1)CC2. The van der Waals surface area contributed by atoms with E-state index >= 15 is 4.39 Å². The van der Waals surface area contributed by atoms with Crippen LogP contribution in [0.5, 0.6) is 0 Å². The quantitative estimate of drug-likeness (QED) is 0.632. The predicted molar refractivity (Wildman–Crippen MR) is 113 cm³/mol. The minimum absolute atomic E-state index is 0.0334. The molecular weight excluding hydrogens is 421 g/mol. The number of hydrogen-bond acceptors (Lipinski definition) is 5. The molecule has 8 heteroatoms. The lowest BCUT2D eigenvalue weighted by molar-refractivity contribution is 0.0214. The second-order valence-corrected chi connectivity index (χ2v) is 9.16. The van der Waals surface area contributed by atoms with Gasteiger partial charge in [-0.15, -0.1) is 0 Å². The molecule has 0 bridgehead atoms. The zero-order valence-electron chi connectivity index (χ0n) is 18.5. The van der Waals surface area contributed by atoms with Crippen molar-refractivity contribution >= 4 is 5.97 Å². The number of esters is 1. The molecule has 0 aliphatic carbocycles. The van der Waals surface area contributed by atoms with E-state index in [9.17, 15) is 13.6 Å². The summed E-state index contributed by atoms with van der Waals surface area (Å²) in [6.45, 7) is 6.68. The first-order valence-electron chi connectivity index (χ1n) is 10.8. The number of carbonyl (C=O) groups is 1. The van der Waals surface area contributed by atoms with E-state index in [1.165, 1.54) is 18.2 Å². The van der Waals surface area contributed by atoms with Crippen LogP contribution in [-0.4, -0.2) is 53.4 Å². The molecule has 3 heterocycles. The minimum atomic E-state index is -1.47. The molecule has 1 aromatic carbocycles. The van der Waals surface area contributed by atoms with Crippen molar-refractivity contribution in [3.8, 4) is 11.1 Å². The number of ether oxygens (including phenoxy) is 2. The third kappa shape index (κ3) is 4.66. The molecule has 1 unspecified atom stereocenters. The van der Waals surface area contributed by atoms with E-state index in [0.717, 1.165) is 11.6 Å². The van der Waals surface area contributed by atoms with Crippen LogP contribution in [0.2, 0.25) is 0 Å². The van der Waals surface area contributed by atoms with Gasteiger partial charge in [-0.25, -0.2) is 22.9 Å². The third-order valence-corrected chi connectivity index (χ3v) is 5.94. The van der Waals surface area contributed by atoms with Crippen molar-refractivity contribution in [2.75, 3.05) is 26.3 Å². The molecule has 0 saturated carbocycles. The molecular formula is C24H27F3N2O3. The summed E-state index contributed by atoms with van der Waals surface area (Å²) in [5.74, 6) is -2.02. The van der Waals surface area contributed by atoms with Crippen molar-refractivity contribution < 1.29 is 27.4 Å². The number of pyridine rings is 1. The first kappa shape index (κ1) is 22.7. The summed E-state index contributed by atoms with van der Waals surface area (Å²) in [6, 6.07) is 4.85. The van der Waals surface area contributed by atoms with Crippen LogP contribution in [0.1, 0.15) is 48.9 Å². The van der Waals surface area contributed by atoms with Gasteiger partial charge in [0, 0.05) is 37.7 Å². The molecule has 32 heavy (non-hydrogen) atoms. The summed E-state index contributed by atoms with van der Waals surface area (Å²) < 4.78 is 54.1. The van der Waals surface area contributed by atoms with Gasteiger partial charge >= 0.3 is 5.97 Å². The van der Waals surface area contributed by atoms with E-state index in [1.807, 2.05) is 18.7 Å². The summed E-state index contributed by atoms with van der Waals surface area (Å²) >= 11 is 0. The van der Waals surface area contributed by atoms with Crippen molar-refractivity contribution in [2.45, 2.75) is 51.4 Å². The van der Waals surface area contributed by atoms with Crippen LogP contribution in [0.4, 0.5) is 13.2 Å². The average molecular weight is 448 g/mol. The number of carbonyl (C=O) groups excluding carboxylic acids is 1. The molecule has 1 saturated heterocycles. The molecule has 4 rings (SSSR count). The van der Waals surface area contributed by atoms with E-state index in [-0.39, 0.29) is 31.0 Å². The summed E-state index contributed by atoms with van der Waals surface area (Å²) in [5.41, 5.74) is 0.0911. The third-order valence-electron chi connectivity index (χ3n) is 5.94. The number of fused-ring (bicyclic) bond motifs is 1. The fourth-order valence-electron chi connectivity index (χ4n) is 4.68. The Morgan fingerprint density at radius 1 is 1.25 bits per heavy atom. The maximum Gasteiger partial charge on any atom is 0.356 e. The van der Waals surface area contributed by atoms with Gasteiger partial charge in [0.25, 0.3) is 0 Å². The topological polar surface area (TPSA) is 51.7 Å². The number of nitrogens with zero attached hydrogens (tertiary/aromatic N) is 2. The monoisotopic (exact) mass is 448 g/mol. The number of rotatable bonds is 5. The normalized spacial score (nSPS) is 22.6. The zero-order valence-corrected chi connectivity index (χ0v) is 18.5. The summed E-state index contributed by atoms with van der Waals surface area (Å²) in [7, 11) is 0. The Morgan fingerprint density at radius 3 is 2.69 bits per heavy atom. The summed E-state index contributed by atoms with van der Waals surface area (Å²) in [5, 5.41) is 0. The largest absolute Gasteiger partial charge is 0.461 e. The van der Waals surface area contributed by atoms with Crippen LogP contribution in [-0.2, 0) is 22.4 Å². The molecule has 1 atom stereocenters. The standard InChI is InChI=1S/C24H27F3N2O3/c1-4-31-22(30)20-10-18(16-6-5-15(25)9-19(16)26)17-7-8-29(11-21(17)28-20)13-24(27)12-23(2,3)32-14-24/h5-6,9-10H,4,7-8,11-14H2,1-3H3. The number of benzene rings is 1. The molecule has 2 aliphatic heterocycles. The van der Waals surface area contributed by atoms with Crippen LogP contribution >= 0.6 is 0 Å². The van der Waals surface area contributed by atoms with Gasteiger partial charge in [-0.3, -0.25) is 4.90 Å². The van der Waals surface area contributed by atoms with E-state index in [1.54, 1.807) is 6.92 Å². The van der Waals surface area contributed by atoms with Crippen molar-refractivity contribution in [2.24, 2.45) is 0 Å². The van der Waals surface area contributed by atoms with Crippen LogP contribution in [0, 0.1) is 11.6 Å². The Hall–Kier alpha value is -2.45. The Bertz CT molecular complexity index is 1040. The second kappa shape index (κ2) is 8.48. The molecule has 0 N–H and O–H groups in total. The minimum Gasteiger partial charge on any atom is -0.461 e. The smallest absolute Gasteiger partial charge is 0.356 e. The van der Waals surface area contributed by atoms with Crippen LogP contribution in [0.15, 0.2) is 24.3 Å². The molecule has 0 spiro atoms. The van der Waals surface area contributed by atoms with Crippen LogP contribution < -0.4 is 0 Å². The number of hydrogen-bond donors (Lipinski definition) is 0.